The molecule has 2 aliphatic rings. The van der Waals surface area contributed by atoms with Crippen LogP contribution in [-0.2, 0) is 21.6 Å². The SMILES string of the molecule is CCOC[C@H]1CCS(=O)(=O)C12CN(C(=O)c1cccn1C)C2. The molecule has 7 heteroatoms. The van der Waals surface area contributed by atoms with Gasteiger partial charge in [0.25, 0.3) is 5.91 Å². The molecule has 1 amide bonds. The van der Waals surface area contributed by atoms with Gasteiger partial charge in [0.05, 0.1) is 12.4 Å². The second-order valence-electron chi connectivity index (χ2n) is 6.19. The van der Waals surface area contributed by atoms with Gasteiger partial charge in [-0.25, -0.2) is 8.42 Å². The van der Waals surface area contributed by atoms with Crippen LogP contribution in [-0.4, -0.2) is 60.6 Å². The second-order valence-corrected chi connectivity index (χ2v) is 8.65. The zero-order valence-electron chi connectivity index (χ0n) is 13.0. The van der Waals surface area contributed by atoms with E-state index in [0.29, 0.717) is 25.3 Å². The van der Waals surface area contributed by atoms with Crippen molar-refractivity contribution < 1.29 is 17.9 Å². The molecule has 0 radical (unpaired) electrons. The van der Waals surface area contributed by atoms with E-state index >= 15 is 0 Å². The first-order chi connectivity index (χ1) is 10.4. The number of carbonyl (C=O) groups is 1. The quantitative estimate of drug-likeness (QED) is 0.816. The Kier molecular flexibility index (Phi) is 3.81. The standard InChI is InChI=1S/C15H22N2O4S/c1-3-21-9-12-6-8-22(19,20)15(12)10-17(11-15)14(18)13-5-4-7-16(13)2/h4-5,7,12H,3,6,8-11H2,1-2H3/t12-/m1/s1. The average molecular weight is 326 g/mol. The van der Waals surface area contributed by atoms with E-state index in [9.17, 15) is 13.2 Å². The highest BCUT2D eigenvalue weighted by molar-refractivity contribution is 7.93. The molecule has 2 aliphatic heterocycles. The van der Waals surface area contributed by atoms with Gasteiger partial charge < -0.3 is 14.2 Å². The number of likely N-dealkylation sites (tertiary alicyclic amines) is 1. The highest BCUT2D eigenvalue weighted by atomic mass is 32.2. The minimum Gasteiger partial charge on any atom is -0.381 e. The van der Waals surface area contributed by atoms with Crippen molar-refractivity contribution in [3.05, 3.63) is 24.0 Å². The molecule has 22 heavy (non-hydrogen) atoms. The molecule has 0 aromatic carbocycles. The number of carbonyl (C=O) groups excluding carboxylic acids is 1. The maximum atomic E-state index is 12.5. The van der Waals surface area contributed by atoms with Crippen molar-refractivity contribution in [3.63, 3.8) is 0 Å². The molecule has 1 atom stereocenters. The third kappa shape index (κ3) is 2.18. The number of amides is 1. The molecule has 0 saturated carbocycles. The van der Waals surface area contributed by atoms with Gasteiger partial charge in [-0.15, -0.1) is 0 Å². The van der Waals surface area contributed by atoms with Crippen LogP contribution in [0.3, 0.4) is 0 Å². The molecular weight excluding hydrogens is 304 g/mol. The summed E-state index contributed by atoms with van der Waals surface area (Å²) in [6, 6.07) is 3.57. The largest absolute Gasteiger partial charge is 0.381 e. The molecule has 3 rings (SSSR count). The normalized spacial score (nSPS) is 25.4. The van der Waals surface area contributed by atoms with Crippen LogP contribution < -0.4 is 0 Å². The Morgan fingerprint density at radius 1 is 1.45 bits per heavy atom. The molecule has 1 aromatic heterocycles. The lowest BCUT2D eigenvalue weighted by atomic mass is 9.83. The fourth-order valence-electron chi connectivity index (χ4n) is 3.56. The monoisotopic (exact) mass is 326 g/mol. The summed E-state index contributed by atoms with van der Waals surface area (Å²) < 4.78 is 31.4. The summed E-state index contributed by atoms with van der Waals surface area (Å²) in [6.07, 6.45) is 2.45. The third-order valence-corrected chi connectivity index (χ3v) is 7.59. The maximum Gasteiger partial charge on any atom is 0.270 e. The molecule has 122 valence electrons. The molecule has 0 aliphatic carbocycles. The van der Waals surface area contributed by atoms with E-state index in [1.807, 2.05) is 26.2 Å². The van der Waals surface area contributed by atoms with Gasteiger partial charge >= 0.3 is 0 Å². The lowest BCUT2D eigenvalue weighted by molar-refractivity contribution is 0.0264. The van der Waals surface area contributed by atoms with Gasteiger partial charge in [0.2, 0.25) is 0 Å². The zero-order chi connectivity index (χ0) is 16.0. The second kappa shape index (κ2) is 5.38. The molecule has 0 bridgehead atoms. The minimum absolute atomic E-state index is 0.00471. The molecular formula is C15H22N2O4S. The minimum atomic E-state index is -3.16. The van der Waals surface area contributed by atoms with Crippen LogP contribution in [0.1, 0.15) is 23.8 Å². The van der Waals surface area contributed by atoms with Crippen molar-refractivity contribution in [1.29, 1.82) is 0 Å². The van der Waals surface area contributed by atoms with E-state index in [-0.39, 0.29) is 30.7 Å². The molecule has 2 fully saturated rings. The van der Waals surface area contributed by atoms with E-state index < -0.39 is 14.6 Å². The third-order valence-electron chi connectivity index (χ3n) is 4.99. The number of sulfone groups is 1. The summed E-state index contributed by atoms with van der Waals surface area (Å²) in [6.45, 7) is 3.52. The molecule has 0 N–H and O–H groups in total. The van der Waals surface area contributed by atoms with E-state index in [4.69, 9.17) is 4.74 Å². The predicted octanol–water partition coefficient (Wildman–Crippen LogP) is 0.691. The van der Waals surface area contributed by atoms with Crippen LogP contribution in [0.2, 0.25) is 0 Å². The molecule has 6 nitrogen and oxygen atoms in total. The van der Waals surface area contributed by atoms with Crippen molar-refractivity contribution in [2.24, 2.45) is 13.0 Å². The number of aryl methyl sites for hydroxylation is 1. The molecule has 1 spiro atoms. The van der Waals surface area contributed by atoms with E-state index in [2.05, 4.69) is 0 Å². The molecule has 0 unspecified atom stereocenters. The lowest BCUT2D eigenvalue weighted by Crippen LogP contribution is -2.68. The summed E-state index contributed by atoms with van der Waals surface area (Å²) in [5.74, 6) is 0.0991. The van der Waals surface area contributed by atoms with Crippen LogP contribution >= 0.6 is 0 Å². The van der Waals surface area contributed by atoms with E-state index in [1.165, 1.54) is 0 Å². The number of hydrogen-bond acceptors (Lipinski definition) is 4. The first kappa shape index (κ1) is 15.6. The van der Waals surface area contributed by atoms with Crippen molar-refractivity contribution >= 4 is 15.7 Å². The van der Waals surface area contributed by atoms with Crippen molar-refractivity contribution in [1.82, 2.24) is 9.47 Å². The van der Waals surface area contributed by atoms with Crippen LogP contribution in [0, 0.1) is 5.92 Å². The Morgan fingerprint density at radius 2 is 2.18 bits per heavy atom. The maximum absolute atomic E-state index is 12.5. The number of nitrogens with zero attached hydrogens (tertiary/aromatic N) is 2. The highest BCUT2D eigenvalue weighted by Crippen LogP contribution is 2.45. The number of rotatable bonds is 4. The molecule has 2 saturated heterocycles. The Bertz CT molecular complexity index is 673. The van der Waals surface area contributed by atoms with Gasteiger partial charge in [0.1, 0.15) is 10.4 Å². The summed E-state index contributed by atoms with van der Waals surface area (Å²) in [7, 11) is -1.34. The zero-order valence-corrected chi connectivity index (χ0v) is 13.8. The van der Waals surface area contributed by atoms with Crippen LogP contribution in [0.4, 0.5) is 0 Å². The summed E-state index contributed by atoms with van der Waals surface area (Å²) >= 11 is 0. The summed E-state index contributed by atoms with van der Waals surface area (Å²) in [4.78, 5) is 14.1. The number of ether oxygens (including phenoxy) is 1. The Morgan fingerprint density at radius 3 is 2.77 bits per heavy atom. The van der Waals surface area contributed by atoms with Gasteiger partial charge in [-0.2, -0.15) is 0 Å². The fraction of sp³-hybridized carbons (Fsp3) is 0.667. The topological polar surface area (TPSA) is 68.6 Å². The van der Waals surface area contributed by atoms with Gasteiger partial charge in [-0.05, 0) is 25.5 Å². The van der Waals surface area contributed by atoms with Gasteiger partial charge in [-0.1, -0.05) is 0 Å². The fourth-order valence-corrected chi connectivity index (χ4v) is 5.96. The smallest absolute Gasteiger partial charge is 0.270 e. The number of aromatic nitrogens is 1. The molecule has 3 heterocycles. The van der Waals surface area contributed by atoms with Crippen LogP contribution in [0.25, 0.3) is 0 Å². The van der Waals surface area contributed by atoms with E-state index in [1.54, 1.807) is 15.5 Å². The van der Waals surface area contributed by atoms with Crippen LogP contribution in [0.15, 0.2) is 18.3 Å². The van der Waals surface area contributed by atoms with Gasteiger partial charge in [0, 0.05) is 38.9 Å². The Balaban J connectivity index is 1.76. The summed E-state index contributed by atoms with van der Waals surface area (Å²) in [5.41, 5.74) is 0.589. The summed E-state index contributed by atoms with van der Waals surface area (Å²) in [5, 5.41) is 0. The first-order valence-electron chi connectivity index (χ1n) is 7.62. The van der Waals surface area contributed by atoms with Crippen molar-refractivity contribution in [2.45, 2.75) is 18.1 Å². The van der Waals surface area contributed by atoms with Crippen molar-refractivity contribution in [2.75, 3.05) is 32.1 Å². The number of hydrogen-bond donors (Lipinski definition) is 0. The van der Waals surface area contributed by atoms with E-state index in [0.717, 1.165) is 0 Å². The molecule has 1 aromatic rings. The average Bonchev–Trinajstić information content (AvgIpc) is 2.95. The van der Waals surface area contributed by atoms with Gasteiger partial charge in [0.15, 0.2) is 9.84 Å². The Hall–Kier alpha value is -1.34. The van der Waals surface area contributed by atoms with Crippen molar-refractivity contribution in [3.8, 4) is 0 Å². The predicted molar refractivity (Wildman–Crippen MR) is 82.4 cm³/mol. The van der Waals surface area contributed by atoms with Crippen LogP contribution in [0.5, 0.6) is 0 Å². The Labute approximate surface area is 131 Å². The first-order valence-corrected chi connectivity index (χ1v) is 9.27. The van der Waals surface area contributed by atoms with Gasteiger partial charge in [-0.3, -0.25) is 4.79 Å². The highest BCUT2D eigenvalue weighted by Gasteiger charge is 2.62. The lowest BCUT2D eigenvalue weighted by Gasteiger charge is -2.49.